The lowest BCUT2D eigenvalue weighted by molar-refractivity contribution is 0.136. The van der Waals surface area contributed by atoms with Crippen LogP contribution in [0.15, 0.2) is 11.4 Å². The van der Waals surface area contributed by atoms with Gasteiger partial charge in [-0.3, -0.25) is 0 Å². The molecule has 4 nitrogen and oxygen atoms in total. The first-order valence-corrected chi connectivity index (χ1v) is 8.32. The molecule has 110 valence electrons. The standard InChI is InChI=1S/C15H22N2O2S/c1-2-16(9-12-4-7-19-11-12)15(18)17-6-3-14-13(10-17)5-8-20-14/h5,8,12H,2-4,6-7,9-11H2,1H3. The molecule has 0 bridgehead atoms. The van der Waals surface area contributed by atoms with Crippen LogP contribution in [0.5, 0.6) is 0 Å². The van der Waals surface area contributed by atoms with Gasteiger partial charge in [-0.15, -0.1) is 11.3 Å². The second-order valence-corrected chi connectivity index (χ2v) is 6.59. The summed E-state index contributed by atoms with van der Waals surface area (Å²) in [7, 11) is 0. The highest BCUT2D eigenvalue weighted by Crippen LogP contribution is 2.25. The van der Waals surface area contributed by atoms with E-state index < -0.39 is 0 Å². The van der Waals surface area contributed by atoms with Crippen LogP contribution in [-0.4, -0.2) is 48.7 Å². The molecule has 0 N–H and O–H groups in total. The second kappa shape index (κ2) is 6.14. The number of amides is 2. The first kappa shape index (κ1) is 13.9. The summed E-state index contributed by atoms with van der Waals surface area (Å²) < 4.78 is 5.41. The summed E-state index contributed by atoms with van der Waals surface area (Å²) in [6.07, 6.45) is 2.08. The zero-order chi connectivity index (χ0) is 13.9. The molecule has 2 aliphatic rings. The number of nitrogens with zero attached hydrogens (tertiary/aromatic N) is 2. The van der Waals surface area contributed by atoms with E-state index >= 15 is 0 Å². The van der Waals surface area contributed by atoms with Gasteiger partial charge in [0, 0.05) is 43.6 Å². The number of hydrogen-bond acceptors (Lipinski definition) is 3. The summed E-state index contributed by atoms with van der Waals surface area (Å²) >= 11 is 1.81. The zero-order valence-corrected chi connectivity index (χ0v) is 12.8. The number of urea groups is 1. The highest BCUT2D eigenvalue weighted by Gasteiger charge is 2.27. The predicted octanol–water partition coefficient (Wildman–Crippen LogP) is 2.58. The molecule has 0 aliphatic carbocycles. The minimum absolute atomic E-state index is 0.191. The number of carbonyl (C=O) groups is 1. The Balaban J connectivity index is 1.62. The number of hydrogen-bond donors (Lipinski definition) is 0. The van der Waals surface area contributed by atoms with Crippen LogP contribution in [0.1, 0.15) is 23.8 Å². The van der Waals surface area contributed by atoms with Gasteiger partial charge in [0.25, 0.3) is 0 Å². The van der Waals surface area contributed by atoms with Crippen molar-refractivity contribution in [2.75, 3.05) is 32.8 Å². The lowest BCUT2D eigenvalue weighted by Gasteiger charge is -2.33. The Morgan fingerprint density at radius 3 is 3.25 bits per heavy atom. The van der Waals surface area contributed by atoms with E-state index in [9.17, 15) is 4.79 Å². The summed E-state index contributed by atoms with van der Waals surface area (Å²) in [6.45, 7) is 6.95. The van der Waals surface area contributed by atoms with Crippen molar-refractivity contribution in [2.24, 2.45) is 5.92 Å². The van der Waals surface area contributed by atoms with Gasteiger partial charge in [-0.1, -0.05) is 0 Å². The molecule has 2 aliphatic heterocycles. The molecule has 0 spiro atoms. The van der Waals surface area contributed by atoms with E-state index in [0.29, 0.717) is 5.92 Å². The first-order chi connectivity index (χ1) is 9.78. The van der Waals surface area contributed by atoms with E-state index in [1.54, 1.807) is 0 Å². The summed E-state index contributed by atoms with van der Waals surface area (Å²) in [6, 6.07) is 2.34. The third-order valence-electron chi connectivity index (χ3n) is 4.23. The minimum Gasteiger partial charge on any atom is -0.381 e. The predicted molar refractivity (Wildman–Crippen MR) is 80.0 cm³/mol. The Bertz CT molecular complexity index is 468. The van der Waals surface area contributed by atoms with E-state index in [0.717, 1.165) is 52.2 Å². The highest BCUT2D eigenvalue weighted by atomic mass is 32.1. The fourth-order valence-corrected chi connectivity index (χ4v) is 3.88. The maximum absolute atomic E-state index is 12.7. The fraction of sp³-hybridized carbons (Fsp3) is 0.667. The minimum atomic E-state index is 0.191. The quantitative estimate of drug-likeness (QED) is 0.858. The first-order valence-electron chi connectivity index (χ1n) is 7.44. The van der Waals surface area contributed by atoms with Crippen LogP contribution in [0.25, 0.3) is 0 Å². The van der Waals surface area contributed by atoms with Gasteiger partial charge in [0.2, 0.25) is 0 Å². The van der Waals surface area contributed by atoms with Gasteiger partial charge >= 0.3 is 6.03 Å². The van der Waals surface area contributed by atoms with Gasteiger partial charge in [-0.2, -0.15) is 0 Å². The molecule has 0 aromatic carbocycles. The van der Waals surface area contributed by atoms with E-state index in [2.05, 4.69) is 18.4 Å². The lowest BCUT2D eigenvalue weighted by atomic mass is 10.1. The van der Waals surface area contributed by atoms with Crippen molar-refractivity contribution >= 4 is 17.4 Å². The number of rotatable bonds is 3. The largest absolute Gasteiger partial charge is 0.381 e. The average molecular weight is 294 g/mol. The number of ether oxygens (including phenoxy) is 1. The summed E-state index contributed by atoms with van der Waals surface area (Å²) in [5, 5.41) is 2.13. The second-order valence-electron chi connectivity index (χ2n) is 5.59. The van der Waals surface area contributed by atoms with Crippen LogP contribution in [0, 0.1) is 5.92 Å². The topological polar surface area (TPSA) is 32.8 Å². The van der Waals surface area contributed by atoms with Crippen molar-refractivity contribution in [3.05, 3.63) is 21.9 Å². The van der Waals surface area contributed by atoms with Crippen LogP contribution in [-0.2, 0) is 17.7 Å². The molecule has 20 heavy (non-hydrogen) atoms. The van der Waals surface area contributed by atoms with Crippen LogP contribution in [0.3, 0.4) is 0 Å². The molecule has 5 heteroatoms. The Morgan fingerprint density at radius 2 is 2.50 bits per heavy atom. The van der Waals surface area contributed by atoms with Gasteiger partial charge in [-0.05, 0) is 36.8 Å². The molecule has 1 fully saturated rings. The zero-order valence-electron chi connectivity index (χ0n) is 12.0. The molecule has 2 amide bonds. The molecule has 0 radical (unpaired) electrons. The number of fused-ring (bicyclic) bond motifs is 1. The summed E-state index contributed by atoms with van der Waals surface area (Å²) in [5.41, 5.74) is 1.33. The fourth-order valence-electron chi connectivity index (χ4n) is 2.99. The van der Waals surface area contributed by atoms with Gasteiger partial charge in [0.1, 0.15) is 0 Å². The maximum atomic E-state index is 12.7. The Morgan fingerprint density at radius 1 is 1.60 bits per heavy atom. The van der Waals surface area contributed by atoms with Crippen molar-refractivity contribution in [1.29, 1.82) is 0 Å². The van der Waals surface area contributed by atoms with Gasteiger partial charge in [0.05, 0.1) is 6.61 Å². The molecule has 1 atom stereocenters. The van der Waals surface area contributed by atoms with E-state index in [1.165, 1.54) is 10.4 Å². The molecule has 0 saturated carbocycles. The van der Waals surface area contributed by atoms with E-state index in [-0.39, 0.29) is 6.03 Å². The average Bonchev–Trinajstić information content (AvgIpc) is 3.14. The number of thiophene rings is 1. The lowest BCUT2D eigenvalue weighted by Crippen LogP contribution is -2.46. The van der Waals surface area contributed by atoms with Crippen molar-refractivity contribution < 1.29 is 9.53 Å². The normalized spacial score (nSPS) is 21.9. The third-order valence-corrected chi connectivity index (χ3v) is 5.26. The molecule has 3 rings (SSSR count). The molecular formula is C15H22N2O2S. The SMILES string of the molecule is CCN(CC1CCOC1)C(=O)N1CCc2sccc2C1. The Kier molecular flexibility index (Phi) is 4.27. The van der Waals surface area contributed by atoms with Crippen molar-refractivity contribution in [3.8, 4) is 0 Å². The van der Waals surface area contributed by atoms with Gasteiger partial charge in [0.15, 0.2) is 0 Å². The molecule has 1 aromatic heterocycles. The van der Waals surface area contributed by atoms with Gasteiger partial charge in [-0.25, -0.2) is 4.79 Å². The van der Waals surface area contributed by atoms with Crippen LogP contribution >= 0.6 is 11.3 Å². The van der Waals surface area contributed by atoms with Gasteiger partial charge < -0.3 is 14.5 Å². The Labute approximate surface area is 124 Å². The van der Waals surface area contributed by atoms with Crippen LogP contribution < -0.4 is 0 Å². The van der Waals surface area contributed by atoms with Crippen LogP contribution in [0.2, 0.25) is 0 Å². The molecule has 1 unspecified atom stereocenters. The smallest absolute Gasteiger partial charge is 0.320 e. The maximum Gasteiger partial charge on any atom is 0.320 e. The van der Waals surface area contributed by atoms with Crippen molar-refractivity contribution in [1.82, 2.24) is 9.80 Å². The molecule has 1 aromatic rings. The molecule has 1 saturated heterocycles. The van der Waals surface area contributed by atoms with E-state index in [1.807, 2.05) is 21.1 Å². The molecular weight excluding hydrogens is 272 g/mol. The Hall–Kier alpha value is -1.07. The van der Waals surface area contributed by atoms with Crippen molar-refractivity contribution in [3.63, 3.8) is 0 Å². The number of carbonyl (C=O) groups excluding carboxylic acids is 1. The third kappa shape index (κ3) is 2.83. The van der Waals surface area contributed by atoms with Crippen LogP contribution in [0.4, 0.5) is 4.79 Å². The monoisotopic (exact) mass is 294 g/mol. The molecule has 3 heterocycles. The highest BCUT2D eigenvalue weighted by molar-refractivity contribution is 7.10. The summed E-state index contributed by atoms with van der Waals surface area (Å²) in [5.74, 6) is 0.514. The summed E-state index contributed by atoms with van der Waals surface area (Å²) in [4.78, 5) is 18.1. The van der Waals surface area contributed by atoms with E-state index in [4.69, 9.17) is 4.74 Å². The van der Waals surface area contributed by atoms with Crippen molar-refractivity contribution in [2.45, 2.75) is 26.3 Å².